The Morgan fingerprint density at radius 3 is 2.31 bits per heavy atom. The molecular weight excluding hydrogens is 433 g/mol. The summed E-state index contributed by atoms with van der Waals surface area (Å²) < 4.78 is 40.0. The van der Waals surface area contributed by atoms with Gasteiger partial charge in [-0.15, -0.1) is 0 Å². The lowest BCUT2D eigenvalue weighted by atomic mass is 9.93. The number of fused-ring (bicyclic) bond motifs is 1. The predicted molar refractivity (Wildman–Crippen MR) is 117 cm³/mol. The van der Waals surface area contributed by atoms with E-state index in [0.29, 0.717) is 0 Å². The second-order valence-electron chi connectivity index (χ2n) is 7.83. The summed E-state index contributed by atoms with van der Waals surface area (Å²) in [7, 11) is -3.75. The van der Waals surface area contributed by atoms with Crippen molar-refractivity contribution in [2.24, 2.45) is 0 Å². The quantitative estimate of drug-likeness (QED) is 0.707. The largest absolute Gasteiger partial charge is 0.340 e. The number of carbonyl (C=O) groups is 2. The smallest absolute Gasteiger partial charge is 0.243 e. The summed E-state index contributed by atoms with van der Waals surface area (Å²) in [6, 6.07) is 12.0. The molecule has 0 saturated carbocycles. The summed E-state index contributed by atoms with van der Waals surface area (Å²) in [6.07, 6.45) is 3.68. The first-order chi connectivity index (χ1) is 15.3. The maximum atomic E-state index is 13.1. The molecule has 2 aliphatic heterocycles. The minimum atomic E-state index is -3.75. The van der Waals surface area contributed by atoms with Gasteiger partial charge in [-0.1, -0.05) is 24.3 Å². The van der Waals surface area contributed by atoms with Crippen LogP contribution >= 0.6 is 0 Å². The number of hydrogen-bond acceptors (Lipinski definition) is 4. The van der Waals surface area contributed by atoms with E-state index in [4.69, 9.17) is 0 Å². The van der Waals surface area contributed by atoms with Crippen molar-refractivity contribution in [2.45, 2.75) is 24.3 Å². The SMILES string of the molecule is CC(=O)N1C=Cc2ccccc2[C@@H]1CC(=O)N1CCN(S(=O)(=O)c2ccc(F)cc2)CC1. The van der Waals surface area contributed by atoms with E-state index in [2.05, 4.69) is 0 Å². The fourth-order valence-electron chi connectivity index (χ4n) is 4.14. The van der Waals surface area contributed by atoms with Crippen LogP contribution in [-0.2, 0) is 19.6 Å². The van der Waals surface area contributed by atoms with Crippen LogP contribution in [0.4, 0.5) is 4.39 Å². The maximum Gasteiger partial charge on any atom is 0.243 e. The van der Waals surface area contributed by atoms with E-state index in [1.54, 1.807) is 16.0 Å². The van der Waals surface area contributed by atoms with Crippen LogP contribution in [0.5, 0.6) is 0 Å². The van der Waals surface area contributed by atoms with Gasteiger partial charge in [-0.05, 0) is 41.5 Å². The zero-order chi connectivity index (χ0) is 22.9. The molecule has 0 unspecified atom stereocenters. The van der Waals surface area contributed by atoms with Gasteiger partial charge in [0.15, 0.2) is 0 Å². The zero-order valence-electron chi connectivity index (χ0n) is 17.6. The third-order valence-corrected chi connectivity index (χ3v) is 7.79. The van der Waals surface area contributed by atoms with E-state index in [-0.39, 0.29) is 49.3 Å². The Morgan fingerprint density at radius 1 is 1.00 bits per heavy atom. The van der Waals surface area contributed by atoms with Crippen LogP contribution in [0.3, 0.4) is 0 Å². The van der Waals surface area contributed by atoms with Crippen molar-refractivity contribution in [2.75, 3.05) is 26.2 Å². The van der Waals surface area contributed by atoms with Gasteiger partial charge in [0.05, 0.1) is 17.4 Å². The van der Waals surface area contributed by atoms with E-state index in [0.717, 1.165) is 23.3 Å². The maximum absolute atomic E-state index is 13.1. The number of piperazine rings is 1. The monoisotopic (exact) mass is 457 g/mol. The first-order valence-corrected chi connectivity index (χ1v) is 11.8. The van der Waals surface area contributed by atoms with E-state index in [9.17, 15) is 22.4 Å². The van der Waals surface area contributed by atoms with Crippen LogP contribution in [0, 0.1) is 5.82 Å². The van der Waals surface area contributed by atoms with Crippen molar-refractivity contribution < 1.29 is 22.4 Å². The highest BCUT2D eigenvalue weighted by molar-refractivity contribution is 7.89. The third kappa shape index (κ3) is 4.31. The molecule has 0 spiro atoms. The normalized spacial score (nSPS) is 19.0. The van der Waals surface area contributed by atoms with Crippen molar-refractivity contribution in [3.8, 4) is 0 Å². The molecule has 1 saturated heterocycles. The Kier molecular flexibility index (Phi) is 6.12. The molecule has 0 bridgehead atoms. The minimum absolute atomic E-state index is 0.0291. The van der Waals surface area contributed by atoms with Gasteiger partial charge < -0.3 is 9.80 Å². The van der Waals surface area contributed by atoms with Crippen LogP contribution in [0.2, 0.25) is 0 Å². The Bertz CT molecular complexity index is 1160. The number of carbonyl (C=O) groups excluding carboxylic acids is 2. The van der Waals surface area contributed by atoms with Gasteiger partial charge in [0.1, 0.15) is 5.82 Å². The molecule has 32 heavy (non-hydrogen) atoms. The molecule has 168 valence electrons. The van der Waals surface area contributed by atoms with Gasteiger partial charge in [0, 0.05) is 39.3 Å². The van der Waals surface area contributed by atoms with Crippen LogP contribution in [0.1, 0.15) is 30.5 Å². The molecule has 2 aromatic rings. The third-order valence-electron chi connectivity index (χ3n) is 5.88. The number of sulfonamides is 1. The summed E-state index contributed by atoms with van der Waals surface area (Å²) in [5.41, 5.74) is 1.88. The summed E-state index contributed by atoms with van der Waals surface area (Å²) in [5, 5.41) is 0. The molecule has 0 N–H and O–H groups in total. The zero-order valence-corrected chi connectivity index (χ0v) is 18.5. The average Bonchev–Trinajstić information content (AvgIpc) is 2.79. The number of rotatable bonds is 4. The lowest BCUT2D eigenvalue weighted by Gasteiger charge is -2.37. The predicted octanol–water partition coefficient (Wildman–Crippen LogP) is 2.62. The molecule has 7 nitrogen and oxygen atoms in total. The molecule has 9 heteroatoms. The summed E-state index contributed by atoms with van der Waals surface area (Å²) in [5.74, 6) is -0.785. The average molecular weight is 458 g/mol. The van der Waals surface area contributed by atoms with Gasteiger partial charge in [-0.25, -0.2) is 12.8 Å². The Morgan fingerprint density at radius 2 is 1.66 bits per heavy atom. The van der Waals surface area contributed by atoms with Crippen molar-refractivity contribution in [3.05, 3.63) is 71.7 Å². The van der Waals surface area contributed by atoms with Gasteiger partial charge in [-0.2, -0.15) is 4.31 Å². The van der Waals surface area contributed by atoms with Crippen molar-refractivity contribution in [3.63, 3.8) is 0 Å². The summed E-state index contributed by atoms with van der Waals surface area (Å²) >= 11 is 0. The number of amides is 2. The lowest BCUT2D eigenvalue weighted by Crippen LogP contribution is -2.51. The fraction of sp³-hybridized carbons (Fsp3) is 0.304. The van der Waals surface area contributed by atoms with E-state index in [1.165, 1.54) is 23.4 Å². The molecule has 0 aliphatic carbocycles. The molecule has 1 atom stereocenters. The lowest BCUT2D eigenvalue weighted by molar-refractivity contribution is -0.135. The highest BCUT2D eigenvalue weighted by Crippen LogP contribution is 2.33. The van der Waals surface area contributed by atoms with E-state index >= 15 is 0 Å². The molecule has 2 heterocycles. The molecule has 2 aliphatic rings. The van der Waals surface area contributed by atoms with Crippen molar-refractivity contribution in [1.29, 1.82) is 0 Å². The molecule has 1 fully saturated rings. The molecular formula is C23H24FN3O4S. The Balaban J connectivity index is 1.44. The molecule has 4 rings (SSSR count). The van der Waals surface area contributed by atoms with Crippen LogP contribution < -0.4 is 0 Å². The topological polar surface area (TPSA) is 78.0 Å². The van der Waals surface area contributed by atoms with Gasteiger partial charge in [-0.3, -0.25) is 9.59 Å². The van der Waals surface area contributed by atoms with Crippen LogP contribution in [-0.4, -0.2) is 60.5 Å². The molecule has 0 aromatic heterocycles. The van der Waals surface area contributed by atoms with Crippen LogP contribution in [0.15, 0.2) is 59.6 Å². The Hall–Kier alpha value is -3.04. The number of halogens is 1. The number of hydrogen-bond donors (Lipinski definition) is 0. The molecule has 2 amide bonds. The fourth-order valence-corrected chi connectivity index (χ4v) is 5.56. The standard InChI is InChI=1S/C23H24FN3O4S/c1-17(28)27-11-10-18-4-2-3-5-21(18)22(27)16-23(29)25-12-14-26(15-13-25)32(30,31)20-8-6-19(24)7-9-20/h2-11,22H,12-16H2,1H3/t22-/m0/s1. The second-order valence-corrected chi connectivity index (χ2v) is 9.77. The second kappa shape index (κ2) is 8.84. The highest BCUT2D eigenvalue weighted by atomic mass is 32.2. The Labute approximate surface area is 186 Å². The van der Waals surface area contributed by atoms with Crippen LogP contribution in [0.25, 0.3) is 6.08 Å². The molecule has 2 aromatic carbocycles. The summed E-state index contributed by atoms with van der Waals surface area (Å²) in [6.45, 7) is 2.29. The van der Waals surface area contributed by atoms with Crippen molar-refractivity contribution in [1.82, 2.24) is 14.1 Å². The highest BCUT2D eigenvalue weighted by Gasteiger charge is 2.33. The van der Waals surface area contributed by atoms with Gasteiger partial charge >= 0.3 is 0 Å². The number of benzene rings is 2. The van der Waals surface area contributed by atoms with Gasteiger partial charge in [0.25, 0.3) is 0 Å². The van der Waals surface area contributed by atoms with E-state index < -0.39 is 21.9 Å². The molecule has 0 radical (unpaired) electrons. The van der Waals surface area contributed by atoms with Crippen molar-refractivity contribution >= 4 is 27.9 Å². The van der Waals surface area contributed by atoms with Gasteiger partial charge in [0.2, 0.25) is 21.8 Å². The first kappa shape index (κ1) is 22.2. The first-order valence-electron chi connectivity index (χ1n) is 10.4. The van der Waals surface area contributed by atoms with E-state index in [1.807, 2.05) is 30.3 Å². The summed E-state index contributed by atoms with van der Waals surface area (Å²) in [4.78, 5) is 28.4. The minimum Gasteiger partial charge on any atom is -0.340 e. The number of nitrogens with zero attached hydrogens (tertiary/aromatic N) is 3.